The molecule has 3 rings (SSSR count). The van der Waals surface area contributed by atoms with Crippen LogP contribution in [0.4, 0.5) is 0 Å². The number of hydrogen-bond acceptors (Lipinski definition) is 5. The van der Waals surface area contributed by atoms with Crippen molar-refractivity contribution in [2.75, 3.05) is 39.4 Å². The number of benzene rings is 1. The van der Waals surface area contributed by atoms with Crippen molar-refractivity contribution < 1.29 is 14.3 Å². The van der Waals surface area contributed by atoms with Crippen molar-refractivity contribution in [2.45, 2.75) is 13.2 Å². The molecule has 2 heterocycles. The summed E-state index contributed by atoms with van der Waals surface area (Å²) in [5.41, 5.74) is 0.381. The summed E-state index contributed by atoms with van der Waals surface area (Å²) in [4.78, 5) is 14.5. The first kappa shape index (κ1) is 18.7. The Morgan fingerprint density at radius 2 is 2.15 bits per heavy atom. The van der Waals surface area contributed by atoms with Gasteiger partial charge in [0.1, 0.15) is 11.4 Å². The van der Waals surface area contributed by atoms with Gasteiger partial charge in [0.2, 0.25) is 0 Å². The highest BCUT2D eigenvalue weighted by Gasteiger charge is 2.11. The van der Waals surface area contributed by atoms with E-state index in [1.165, 1.54) is 0 Å². The summed E-state index contributed by atoms with van der Waals surface area (Å²) < 4.78 is 12.5. The summed E-state index contributed by atoms with van der Waals surface area (Å²) in [5.74, 6) is 0.482. The molecule has 1 amide bonds. The summed E-state index contributed by atoms with van der Waals surface area (Å²) in [6.45, 7) is 5.32. The van der Waals surface area contributed by atoms with E-state index >= 15 is 0 Å². The standard InChI is InChI=1S/C18H23ClN4O3/c19-15-3-1-4-16(13-15)26-14-23-8-5-17(21-23)18(24)20-6-2-7-22-9-11-25-12-10-22/h1,3-5,8,13H,2,6-7,9-12,14H2,(H,20,24). The van der Waals surface area contributed by atoms with Gasteiger partial charge in [-0.25, -0.2) is 4.68 Å². The largest absolute Gasteiger partial charge is 0.471 e. The van der Waals surface area contributed by atoms with Gasteiger partial charge in [0.15, 0.2) is 6.73 Å². The number of nitrogens with zero attached hydrogens (tertiary/aromatic N) is 3. The van der Waals surface area contributed by atoms with Crippen LogP contribution in [0.5, 0.6) is 5.75 Å². The molecule has 1 fully saturated rings. The number of halogens is 1. The van der Waals surface area contributed by atoms with E-state index in [4.69, 9.17) is 21.1 Å². The van der Waals surface area contributed by atoms with E-state index in [1.807, 2.05) is 12.1 Å². The van der Waals surface area contributed by atoms with E-state index in [1.54, 1.807) is 29.1 Å². The van der Waals surface area contributed by atoms with Crippen LogP contribution in [0, 0.1) is 0 Å². The molecular formula is C18H23ClN4O3. The van der Waals surface area contributed by atoms with Crippen molar-refractivity contribution in [3.05, 3.63) is 47.2 Å². The van der Waals surface area contributed by atoms with E-state index in [2.05, 4.69) is 15.3 Å². The van der Waals surface area contributed by atoms with E-state index in [-0.39, 0.29) is 12.6 Å². The summed E-state index contributed by atoms with van der Waals surface area (Å²) >= 11 is 5.92. The van der Waals surface area contributed by atoms with Crippen LogP contribution in [0.2, 0.25) is 5.02 Å². The minimum absolute atomic E-state index is 0.173. The number of carbonyl (C=O) groups is 1. The second-order valence-corrected chi connectivity index (χ2v) is 6.47. The van der Waals surface area contributed by atoms with Gasteiger partial charge in [-0.2, -0.15) is 5.10 Å². The molecule has 1 aromatic carbocycles. The molecule has 0 aliphatic carbocycles. The normalized spacial score (nSPS) is 15.0. The number of nitrogens with one attached hydrogen (secondary N) is 1. The Balaban J connectivity index is 1.38. The Labute approximate surface area is 157 Å². The van der Waals surface area contributed by atoms with Crippen molar-refractivity contribution in [3.63, 3.8) is 0 Å². The van der Waals surface area contributed by atoms with Gasteiger partial charge >= 0.3 is 0 Å². The SMILES string of the molecule is O=C(NCCCN1CCOCC1)c1ccn(COc2cccc(Cl)c2)n1. The number of morpholine rings is 1. The van der Waals surface area contributed by atoms with Crippen LogP contribution in [-0.4, -0.2) is 60.0 Å². The fraction of sp³-hybridized carbons (Fsp3) is 0.444. The predicted molar refractivity (Wildman–Crippen MR) is 98.5 cm³/mol. The van der Waals surface area contributed by atoms with Crippen LogP contribution in [0.15, 0.2) is 36.5 Å². The summed E-state index contributed by atoms with van der Waals surface area (Å²) in [7, 11) is 0. The molecule has 7 nitrogen and oxygen atoms in total. The molecule has 8 heteroatoms. The number of carbonyl (C=O) groups excluding carboxylic acids is 1. The van der Waals surface area contributed by atoms with Gasteiger partial charge in [-0.3, -0.25) is 9.69 Å². The summed E-state index contributed by atoms with van der Waals surface area (Å²) in [6, 6.07) is 8.82. The average molecular weight is 379 g/mol. The monoisotopic (exact) mass is 378 g/mol. The van der Waals surface area contributed by atoms with E-state index in [0.29, 0.717) is 23.0 Å². The third-order valence-corrected chi connectivity index (χ3v) is 4.31. The molecular weight excluding hydrogens is 356 g/mol. The molecule has 0 radical (unpaired) electrons. The highest BCUT2D eigenvalue weighted by Crippen LogP contribution is 2.17. The molecule has 1 aliphatic rings. The average Bonchev–Trinajstić information content (AvgIpc) is 3.13. The minimum atomic E-state index is -0.173. The Morgan fingerprint density at radius 3 is 2.96 bits per heavy atom. The first-order valence-electron chi connectivity index (χ1n) is 8.71. The van der Waals surface area contributed by atoms with Gasteiger partial charge < -0.3 is 14.8 Å². The van der Waals surface area contributed by atoms with Crippen molar-refractivity contribution in [3.8, 4) is 5.75 Å². The molecule has 1 saturated heterocycles. The fourth-order valence-electron chi connectivity index (χ4n) is 2.67. The maximum absolute atomic E-state index is 12.1. The smallest absolute Gasteiger partial charge is 0.271 e. The van der Waals surface area contributed by atoms with Gasteiger partial charge in [-0.15, -0.1) is 0 Å². The summed E-state index contributed by atoms with van der Waals surface area (Å²) in [5, 5.41) is 7.75. The topological polar surface area (TPSA) is 68.6 Å². The van der Waals surface area contributed by atoms with Crippen molar-refractivity contribution in [2.24, 2.45) is 0 Å². The number of ether oxygens (including phenoxy) is 2. The van der Waals surface area contributed by atoms with Crippen LogP contribution < -0.4 is 10.1 Å². The molecule has 0 spiro atoms. The highest BCUT2D eigenvalue weighted by molar-refractivity contribution is 6.30. The molecule has 26 heavy (non-hydrogen) atoms. The number of rotatable bonds is 8. The molecule has 1 aliphatic heterocycles. The van der Waals surface area contributed by atoms with E-state index in [0.717, 1.165) is 39.3 Å². The molecule has 0 saturated carbocycles. The third kappa shape index (κ3) is 5.72. The van der Waals surface area contributed by atoms with Gasteiger partial charge in [-0.1, -0.05) is 17.7 Å². The molecule has 1 N–H and O–H groups in total. The van der Waals surface area contributed by atoms with Crippen LogP contribution in [-0.2, 0) is 11.5 Å². The van der Waals surface area contributed by atoms with Crippen molar-refractivity contribution >= 4 is 17.5 Å². The second-order valence-electron chi connectivity index (χ2n) is 6.03. The number of hydrogen-bond donors (Lipinski definition) is 1. The lowest BCUT2D eigenvalue weighted by Gasteiger charge is -2.26. The van der Waals surface area contributed by atoms with Crippen LogP contribution in [0.3, 0.4) is 0 Å². The fourth-order valence-corrected chi connectivity index (χ4v) is 2.85. The molecule has 0 unspecified atom stereocenters. The zero-order valence-electron chi connectivity index (χ0n) is 14.6. The molecule has 0 bridgehead atoms. The maximum atomic E-state index is 12.1. The predicted octanol–water partition coefficient (Wildman–Crippen LogP) is 2.03. The zero-order valence-corrected chi connectivity index (χ0v) is 15.3. The molecule has 140 valence electrons. The van der Waals surface area contributed by atoms with Crippen molar-refractivity contribution in [1.29, 1.82) is 0 Å². The number of aromatic nitrogens is 2. The van der Waals surface area contributed by atoms with Crippen LogP contribution >= 0.6 is 11.6 Å². The first-order valence-corrected chi connectivity index (χ1v) is 9.08. The first-order chi connectivity index (χ1) is 12.7. The third-order valence-electron chi connectivity index (χ3n) is 4.07. The number of amides is 1. The lowest BCUT2D eigenvalue weighted by atomic mass is 10.3. The lowest BCUT2D eigenvalue weighted by Crippen LogP contribution is -2.38. The van der Waals surface area contributed by atoms with Crippen molar-refractivity contribution in [1.82, 2.24) is 20.0 Å². The van der Waals surface area contributed by atoms with Crippen LogP contribution in [0.25, 0.3) is 0 Å². The Kier molecular flexibility index (Phi) is 6.88. The van der Waals surface area contributed by atoms with Gasteiger partial charge in [0, 0.05) is 30.9 Å². The van der Waals surface area contributed by atoms with Gasteiger partial charge in [0.05, 0.1) is 13.2 Å². The second kappa shape index (κ2) is 9.56. The molecule has 0 atom stereocenters. The Bertz CT molecular complexity index is 716. The Hall–Kier alpha value is -2.09. The maximum Gasteiger partial charge on any atom is 0.271 e. The highest BCUT2D eigenvalue weighted by atomic mass is 35.5. The van der Waals surface area contributed by atoms with E-state index < -0.39 is 0 Å². The van der Waals surface area contributed by atoms with E-state index in [9.17, 15) is 4.79 Å². The lowest BCUT2D eigenvalue weighted by molar-refractivity contribution is 0.0374. The quantitative estimate of drug-likeness (QED) is 0.712. The van der Waals surface area contributed by atoms with Crippen LogP contribution in [0.1, 0.15) is 16.9 Å². The minimum Gasteiger partial charge on any atom is -0.471 e. The molecule has 2 aromatic rings. The van der Waals surface area contributed by atoms with Gasteiger partial charge in [-0.05, 0) is 37.2 Å². The Morgan fingerprint density at radius 1 is 1.31 bits per heavy atom. The summed E-state index contributed by atoms with van der Waals surface area (Å²) in [6.07, 6.45) is 2.62. The zero-order chi connectivity index (χ0) is 18.2. The van der Waals surface area contributed by atoms with Gasteiger partial charge in [0.25, 0.3) is 5.91 Å². The molecule has 1 aromatic heterocycles.